The summed E-state index contributed by atoms with van der Waals surface area (Å²) in [4.78, 5) is 38.0. The molecule has 0 heterocycles. The van der Waals surface area contributed by atoms with E-state index >= 15 is 0 Å². The van der Waals surface area contributed by atoms with Crippen molar-refractivity contribution >= 4 is 17.9 Å². The van der Waals surface area contributed by atoms with E-state index in [4.69, 9.17) is 14.2 Å². The monoisotopic (exact) mass is 849 g/mol. The fourth-order valence-corrected chi connectivity index (χ4v) is 8.27. The number of esters is 3. The smallest absolute Gasteiger partial charge is 0.306 e. The maximum atomic E-state index is 12.8. The van der Waals surface area contributed by atoms with Crippen molar-refractivity contribution in [3.8, 4) is 0 Å². The molecular weight excluding hydrogens is 745 g/mol. The van der Waals surface area contributed by atoms with Crippen LogP contribution in [0.25, 0.3) is 0 Å². The molecule has 6 heteroatoms. The van der Waals surface area contributed by atoms with Gasteiger partial charge in [-0.2, -0.15) is 0 Å². The van der Waals surface area contributed by atoms with E-state index in [0.717, 1.165) is 57.8 Å². The summed E-state index contributed by atoms with van der Waals surface area (Å²) in [5.41, 5.74) is 0. The first-order chi connectivity index (χ1) is 29.5. The highest BCUT2D eigenvalue weighted by molar-refractivity contribution is 5.71. The quantitative estimate of drug-likeness (QED) is 0.0345. The molecule has 0 aromatic carbocycles. The Labute approximate surface area is 374 Å². The number of carbonyl (C=O) groups is 3. The maximum Gasteiger partial charge on any atom is 0.306 e. The number of carbonyl (C=O) groups excluding carboxylic acids is 3. The maximum absolute atomic E-state index is 12.8. The molecule has 0 saturated heterocycles. The lowest BCUT2D eigenvalue weighted by atomic mass is 10.0. The summed E-state index contributed by atoms with van der Waals surface area (Å²) in [6.07, 6.45) is 53.6. The summed E-state index contributed by atoms with van der Waals surface area (Å²) in [6.45, 7) is 6.69. The van der Waals surface area contributed by atoms with E-state index in [1.807, 2.05) is 0 Å². The summed E-state index contributed by atoms with van der Waals surface area (Å²) < 4.78 is 16.8. The molecule has 0 unspecified atom stereocenters. The van der Waals surface area contributed by atoms with Crippen LogP contribution in [0.4, 0.5) is 0 Å². The van der Waals surface area contributed by atoms with E-state index in [9.17, 15) is 14.4 Å². The van der Waals surface area contributed by atoms with Crippen LogP contribution in [0.3, 0.4) is 0 Å². The van der Waals surface area contributed by atoms with Crippen LogP contribution in [0.5, 0.6) is 0 Å². The third-order valence-corrected chi connectivity index (χ3v) is 12.4. The van der Waals surface area contributed by atoms with Crippen LogP contribution < -0.4 is 0 Å². The minimum Gasteiger partial charge on any atom is -0.462 e. The van der Waals surface area contributed by atoms with Gasteiger partial charge in [0.1, 0.15) is 13.2 Å². The lowest BCUT2D eigenvalue weighted by Gasteiger charge is -2.18. The lowest BCUT2D eigenvalue weighted by molar-refractivity contribution is -0.167. The second-order valence-corrected chi connectivity index (χ2v) is 18.5. The van der Waals surface area contributed by atoms with Crippen molar-refractivity contribution in [3.05, 3.63) is 0 Å². The van der Waals surface area contributed by atoms with E-state index in [1.54, 1.807) is 0 Å². The van der Waals surface area contributed by atoms with E-state index < -0.39 is 6.10 Å². The van der Waals surface area contributed by atoms with Crippen LogP contribution in [0, 0.1) is 0 Å². The molecule has 0 N–H and O–H groups in total. The first-order valence-corrected chi connectivity index (χ1v) is 27.0. The molecule has 0 rings (SSSR count). The molecule has 0 bridgehead atoms. The minimum absolute atomic E-state index is 0.0615. The van der Waals surface area contributed by atoms with Gasteiger partial charge in [-0.3, -0.25) is 14.4 Å². The molecule has 0 aromatic rings. The highest BCUT2D eigenvalue weighted by Crippen LogP contribution is 2.17. The molecular formula is C54H104O6. The number of hydrogen-bond donors (Lipinski definition) is 0. The summed E-state index contributed by atoms with van der Waals surface area (Å²) in [5, 5.41) is 0. The minimum atomic E-state index is -0.760. The molecule has 0 aliphatic carbocycles. The van der Waals surface area contributed by atoms with Gasteiger partial charge in [-0.15, -0.1) is 0 Å². The fourth-order valence-electron chi connectivity index (χ4n) is 8.27. The molecule has 0 aliphatic heterocycles. The summed E-state index contributed by atoms with van der Waals surface area (Å²) in [5.74, 6) is -0.837. The zero-order valence-corrected chi connectivity index (χ0v) is 40.8. The van der Waals surface area contributed by atoms with Crippen LogP contribution in [0.1, 0.15) is 310 Å². The molecule has 60 heavy (non-hydrogen) atoms. The van der Waals surface area contributed by atoms with Crippen molar-refractivity contribution in [2.24, 2.45) is 0 Å². The van der Waals surface area contributed by atoms with E-state index in [1.165, 1.54) is 212 Å². The number of rotatable bonds is 50. The van der Waals surface area contributed by atoms with Gasteiger partial charge in [-0.1, -0.05) is 271 Å². The molecule has 0 aromatic heterocycles. The fraction of sp³-hybridized carbons (Fsp3) is 0.944. The van der Waals surface area contributed by atoms with Gasteiger partial charge in [0.15, 0.2) is 6.10 Å². The van der Waals surface area contributed by atoms with Crippen molar-refractivity contribution in [1.29, 1.82) is 0 Å². The average molecular weight is 849 g/mol. The highest BCUT2D eigenvalue weighted by atomic mass is 16.6. The van der Waals surface area contributed by atoms with Crippen molar-refractivity contribution in [2.45, 2.75) is 316 Å². The van der Waals surface area contributed by atoms with Crippen molar-refractivity contribution in [3.63, 3.8) is 0 Å². The van der Waals surface area contributed by atoms with Gasteiger partial charge in [0.2, 0.25) is 0 Å². The Bertz CT molecular complexity index is 841. The Kier molecular flexibility index (Phi) is 48.7. The molecule has 0 aliphatic rings. The second-order valence-electron chi connectivity index (χ2n) is 18.5. The molecule has 0 atom stereocenters. The van der Waals surface area contributed by atoms with Crippen molar-refractivity contribution in [1.82, 2.24) is 0 Å². The van der Waals surface area contributed by atoms with Crippen molar-refractivity contribution < 1.29 is 28.6 Å². The number of hydrogen-bond acceptors (Lipinski definition) is 6. The Morgan fingerprint density at radius 2 is 0.450 bits per heavy atom. The predicted molar refractivity (Wildman–Crippen MR) is 257 cm³/mol. The van der Waals surface area contributed by atoms with E-state index in [-0.39, 0.29) is 31.1 Å². The molecule has 0 saturated carbocycles. The molecule has 0 amide bonds. The molecule has 0 radical (unpaired) electrons. The van der Waals surface area contributed by atoms with Gasteiger partial charge in [0.05, 0.1) is 0 Å². The largest absolute Gasteiger partial charge is 0.462 e. The van der Waals surface area contributed by atoms with Gasteiger partial charge >= 0.3 is 17.9 Å². The predicted octanol–water partition coefficient (Wildman–Crippen LogP) is 17.6. The first-order valence-electron chi connectivity index (χ1n) is 27.0. The summed E-state index contributed by atoms with van der Waals surface area (Å²) in [7, 11) is 0. The summed E-state index contributed by atoms with van der Waals surface area (Å²) >= 11 is 0. The van der Waals surface area contributed by atoms with Gasteiger partial charge < -0.3 is 14.2 Å². The SMILES string of the molecule is CCCCCCCCCCCCCCCCC(=O)OCC(COC(=O)CCCCCCCCCCCCCCCC)OC(=O)CCCCCCCCCCCCCCCC. The number of unbranched alkanes of at least 4 members (excludes halogenated alkanes) is 39. The normalized spacial score (nSPS) is 11.4. The lowest BCUT2D eigenvalue weighted by Crippen LogP contribution is -2.30. The van der Waals surface area contributed by atoms with Gasteiger partial charge in [0.25, 0.3) is 0 Å². The summed E-state index contributed by atoms with van der Waals surface area (Å²) in [6, 6.07) is 0. The molecule has 6 nitrogen and oxygen atoms in total. The van der Waals surface area contributed by atoms with E-state index in [2.05, 4.69) is 20.8 Å². The highest BCUT2D eigenvalue weighted by Gasteiger charge is 2.19. The molecule has 0 fully saturated rings. The van der Waals surface area contributed by atoms with Gasteiger partial charge in [-0.25, -0.2) is 0 Å². The second kappa shape index (κ2) is 50.1. The third kappa shape index (κ3) is 47.5. The Morgan fingerprint density at radius 3 is 0.667 bits per heavy atom. The average Bonchev–Trinajstić information content (AvgIpc) is 3.24. The van der Waals surface area contributed by atoms with Gasteiger partial charge in [0, 0.05) is 19.3 Å². The zero-order chi connectivity index (χ0) is 43.7. The van der Waals surface area contributed by atoms with Crippen molar-refractivity contribution in [2.75, 3.05) is 13.2 Å². The molecule has 356 valence electrons. The van der Waals surface area contributed by atoms with Crippen LogP contribution in [0.2, 0.25) is 0 Å². The van der Waals surface area contributed by atoms with Crippen LogP contribution in [-0.2, 0) is 28.6 Å². The topological polar surface area (TPSA) is 78.9 Å². The van der Waals surface area contributed by atoms with Crippen LogP contribution in [-0.4, -0.2) is 37.2 Å². The van der Waals surface area contributed by atoms with Gasteiger partial charge in [-0.05, 0) is 19.3 Å². The third-order valence-electron chi connectivity index (χ3n) is 12.4. The van der Waals surface area contributed by atoms with Crippen LogP contribution >= 0.6 is 0 Å². The first kappa shape index (κ1) is 58.4. The Balaban J connectivity index is 4.30. The Morgan fingerprint density at radius 1 is 0.267 bits per heavy atom. The Hall–Kier alpha value is -1.59. The molecule has 0 spiro atoms. The zero-order valence-electron chi connectivity index (χ0n) is 40.8. The number of ether oxygens (including phenoxy) is 3. The standard InChI is InChI=1S/C54H104O6/c1-4-7-10-13-16-19-22-25-28-31-34-37-40-43-46-52(55)58-49-51(60-54(57)48-45-42-39-36-33-30-27-24-21-18-15-12-9-6-3)50-59-53(56)47-44-41-38-35-32-29-26-23-20-17-14-11-8-5-2/h51H,4-50H2,1-3H3. The van der Waals surface area contributed by atoms with E-state index in [0.29, 0.717) is 19.3 Å². The van der Waals surface area contributed by atoms with Crippen LogP contribution in [0.15, 0.2) is 0 Å².